The van der Waals surface area contributed by atoms with Crippen molar-refractivity contribution in [1.29, 1.82) is 0 Å². The van der Waals surface area contributed by atoms with Crippen LogP contribution in [0.5, 0.6) is 0 Å². The average molecular weight is 581 g/mol. The molecule has 1 aliphatic rings. The second-order valence-electron chi connectivity index (χ2n) is 12.5. The number of likely N-dealkylation sites (tertiary alicyclic amines) is 1. The third kappa shape index (κ3) is 8.13. The summed E-state index contributed by atoms with van der Waals surface area (Å²) >= 11 is 0. The molecular formula is C30H40N6O6. The molecule has 2 N–H and O–H groups in total. The first-order chi connectivity index (χ1) is 19.6. The molecule has 3 rings (SSSR count). The van der Waals surface area contributed by atoms with Crippen LogP contribution in [0.3, 0.4) is 0 Å². The van der Waals surface area contributed by atoms with E-state index < -0.39 is 59.1 Å². The van der Waals surface area contributed by atoms with Crippen LogP contribution >= 0.6 is 0 Å². The molecule has 42 heavy (non-hydrogen) atoms. The van der Waals surface area contributed by atoms with E-state index in [1.165, 1.54) is 12.0 Å². The fourth-order valence-corrected chi connectivity index (χ4v) is 4.96. The second-order valence-corrected chi connectivity index (χ2v) is 12.5. The van der Waals surface area contributed by atoms with E-state index in [1.807, 2.05) is 42.5 Å². The Labute approximate surface area is 245 Å². The van der Waals surface area contributed by atoms with Crippen molar-refractivity contribution in [2.24, 2.45) is 10.5 Å². The first-order valence-electron chi connectivity index (χ1n) is 13.8. The van der Waals surface area contributed by atoms with Crippen molar-refractivity contribution in [2.75, 3.05) is 13.7 Å². The van der Waals surface area contributed by atoms with E-state index in [0.717, 1.165) is 16.3 Å². The first-order valence-corrected chi connectivity index (χ1v) is 13.8. The molecule has 4 atom stereocenters. The Bertz CT molecular complexity index is 1370. The number of fused-ring (bicyclic) bond motifs is 1. The Hall–Kier alpha value is -4.31. The number of nitrogens with one attached hydrogen (secondary N) is 2. The van der Waals surface area contributed by atoms with Gasteiger partial charge < -0.3 is 25.0 Å². The monoisotopic (exact) mass is 580 g/mol. The summed E-state index contributed by atoms with van der Waals surface area (Å²) in [6.45, 7) is 10.6. The molecule has 0 spiro atoms. The van der Waals surface area contributed by atoms with Crippen LogP contribution in [0.15, 0.2) is 47.6 Å². The number of alkyl carbamates (subject to hydrolysis) is 1. The molecule has 1 fully saturated rings. The zero-order valence-electron chi connectivity index (χ0n) is 25.2. The van der Waals surface area contributed by atoms with Crippen LogP contribution < -0.4 is 10.6 Å². The van der Waals surface area contributed by atoms with Crippen LogP contribution in [0, 0.1) is 5.41 Å². The Morgan fingerprint density at radius 2 is 1.71 bits per heavy atom. The van der Waals surface area contributed by atoms with Gasteiger partial charge in [-0.05, 0) is 54.5 Å². The number of amides is 3. The van der Waals surface area contributed by atoms with Gasteiger partial charge >= 0.3 is 12.1 Å². The molecule has 0 aliphatic carbocycles. The Kier molecular flexibility index (Phi) is 10.1. The highest BCUT2D eigenvalue weighted by Gasteiger charge is 2.47. The van der Waals surface area contributed by atoms with Crippen LogP contribution in [0.4, 0.5) is 4.79 Å². The zero-order valence-corrected chi connectivity index (χ0v) is 25.2. The molecule has 12 heteroatoms. The summed E-state index contributed by atoms with van der Waals surface area (Å²) in [5, 5.41) is 11.2. The van der Waals surface area contributed by atoms with E-state index >= 15 is 0 Å². The van der Waals surface area contributed by atoms with E-state index in [-0.39, 0.29) is 19.4 Å². The van der Waals surface area contributed by atoms with Crippen LogP contribution in [0.1, 0.15) is 53.5 Å². The molecule has 2 aromatic carbocycles. The molecule has 1 unspecified atom stereocenters. The molecule has 12 nitrogen and oxygen atoms in total. The molecule has 1 heterocycles. The molecular weight excluding hydrogens is 540 g/mol. The quantitative estimate of drug-likeness (QED) is 0.205. The predicted molar refractivity (Wildman–Crippen MR) is 157 cm³/mol. The van der Waals surface area contributed by atoms with Crippen molar-refractivity contribution >= 4 is 34.6 Å². The van der Waals surface area contributed by atoms with E-state index in [9.17, 15) is 24.7 Å². The van der Waals surface area contributed by atoms with Crippen molar-refractivity contribution < 1.29 is 28.7 Å². The van der Waals surface area contributed by atoms with Crippen molar-refractivity contribution in [3.8, 4) is 0 Å². The maximum absolute atomic E-state index is 13.9. The standard InChI is InChI=1S/C30H40N6O6/c1-29(2,3)24(33-28(40)42-30(4,5)6)26(38)36-15-14-21(34-35-31)23(36)25(37)32-22(27(39)41-7)17-18-12-13-19-10-8-9-11-20(19)16-18/h8-13,16,21-24H,14-15,17H2,1-7H3,(H,32,37)(H,33,40)/t21-,22?,23+,24-/m1/s1. The number of carbonyl (C=O) groups is 4. The van der Waals surface area contributed by atoms with E-state index in [4.69, 9.17) is 9.47 Å². The van der Waals surface area contributed by atoms with Gasteiger partial charge in [-0.15, -0.1) is 0 Å². The minimum atomic E-state index is -1.21. The molecule has 226 valence electrons. The maximum Gasteiger partial charge on any atom is 0.408 e. The lowest BCUT2D eigenvalue weighted by molar-refractivity contribution is -0.147. The number of hydrogen-bond donors (Lipinski definition) is 2. The Morgan fingerprint density at radius 1 is 1.05 bits per heavy atom. The summed E-state index contributed by atoms with van der Waals surface area (Å²) in [6, 6.07) is 9.31. The molecule has 0 bridgehead atoms. The second kappa shape index (κ2) is 13.1. The number of ether oxygens (including phenoxy) is 2. The number of hydrogen-bond acceptors (Lipinski definition) is 7. The fraction of sp³-hybridized carbons (Fsp3) is 0.533. The van der Waals surface area contributed by atoms with Gasteiger partial charge in [-0.25, -0.2) is 9.59 Å². The minimum Gasteiger partial charge on any atom is -0.467 e. The molecule has 2 aromatic rings. The smallest absolute Gasteiger partial charge is 0.408 e. The number of methoxy groups -OCH3 is 1. The van der Waals surface area contributed by atoms with Gasteiger partial charge in [0.2, 0.25) is 11.8 Å². The van der Waals surface area contributed by atoms with Crippen LogP contribution in [0.2, 0.25) is 0 Å². The number of azide groups is 1. The largest absolute Gasteiger partial charge is 0.467 e. The van der Waals surface area contributed by atoms with E-state index in [2.05, 4.69) is 20.7 Å². The lowest BCUT2D eigenvalue weighted by Crippen LogP contribution is -2.60. The van der Waals surface area contributed by atoms with Crippen molar-refractivity contribution in [3.05, 3.63) is 58.5 Å². The Morgan fingerprint density at radius 3 is 2.31 bits per heavy atom. The lowest BCUT2D eigenvalue weighted by Gasteiger charge is -2.36. The van der Waals surface area contributed by atoms with Gasteiger partial charge in [0.15, 0.2) is 0 Å². The van der Waals surface area contributed by atoms with Crippen LogP contribution in [-0.4, -0.2) is 72.2 Å². The van der Waals surface area contributed by atoms with Crippen molar-refractivity contribution in [2.45, 2.75) is 84.2 Å². The third-order valence-electron chi connectivity index (χ3n) is 6.95. The van der Waals surface area contributed by atoms with Gasteiger partial charge in [-0.1, -0.05) is 68.4 Å². The van der Waals surface area contributed by atoms with Gasteiger partial charge in [0.05, 0.1) is 13.2 Å². The van der Waals surface area contributed by atoms with Gasteiger partial charge in [0, 0.05) is 17.9 Å². The summed E-state index contributed by atoms with van der Waals surface area (Å²) in [7, 11) is 1.23. The van der Waals surface area contributed by atoms with Crippen LogP contribution in [-0.2, 0) is 30.3 Å². The molecule has 0 radical (unpaired) electrons. The van der Waals surface area contributed by atoms with Gasteiger partial charge in [0.25, 0.3) is 0 Å². The highest BCUT2D eigenvalue weighted by molar-refractivity contribution is 5.94. The first kappa shape index (κ1) is 32.2. The zero-order chi connectivity index (χ0) is 31.2. The summed E-state index contributed by atoms with van der Waals surface area (Å²) < 4.78 is 10.3. The van der Waals surface area contributed by atoms with Gasteiger partial charge in [0.1, 0.15) is 23.7 Å². The topological polar surface area (TPSA) is 163 Å². The Balaban J connectivity index is 1.88. The van der Waals surface area contributed by atoms with Crippen molar-refractivity contribution in [3.63, 3.8) is 0 Å². The van der Waals surface area contributed by atoms with Crippen molar-refractivity contribution in [1.82, 2.24) is 15.5 Å². The summed E-state index contributed by atoms with van der Waals surface area (Å²) in [5.74, 6) is -1.86. The average Bonchev–Trinajstić information content (AvgIpc) is 3.33. The highest BCUT2D eigenvalue weighted by Crippen LogP contribution is 2.28. The number of benzene rings is 2. The molecule has 0 saturated carbocycles. The van der Waals surface area contributed by atoms with Gasteiger partial charge in [-0.3, -0.25) is 9.59 Å². The normalized spacial score (nSPS) is 18.4. The lowest BCUT2D eigenvalue weighted by atomic mass is 9.85. The summed E-state index contributed by atoms with van der Waals surface area (Å²) in [5.41, 5.74) is 8.44. The highest BCUT2D eigenvalue weighted by atomic mass is 16.6. The summed E-state index contributed by atoms with van der Waals surface area (Å²) in [6.07, 6.45) is -0.408. The molecule has 3 amide bonds. The van der Waals surface area contributed by atoms with E-state index in [1.54, 1.807) is 41.5 Å². The maximum atomic E-state index is 13.9. The molecule has 1 aliphatic heterocycles. The predicted octanol–water partition coefficient (Wildman–Crippen LogP) is 4.26. The van der Waals surface area contributed by atoms with Gasteiger partial charge in [-0.2, -0.15) is 0 Å². The molecule has 0 aromatic heterocycles. The third-order valence-corrected chi connectivity index (χ3v) is 6.95. The number of nitrogens with zero attached hydrogens (tertiary/aromatic N) is 4. The number of carbonyl (C=O) groups excluding carboxylic acids is 4. The minimum absolute atomic E-state index is 0.108. The number of rotatable bonds is 8. The summed E-state index contributed by atoms with van der Waals surface area (Å²) in [4.78, 5) is 57.2. The van der Waals surface area contributed by atoms with E-state index in [0.29, 0.717) is 0 Å². The molecule has 1 saturated heterocycles. The van der Waals surface area contributed by atoms with Crippen LogP contribution in [0.25, 0.3) is 21.2 Å². The fourth-order valence-electron chi connectivity index (χ4n) is 4.96. The number of esters is 1. The SMILES string of the molecule is COC(=O)C(Cc1ccc2ccccc2c1)NC(=O)[C@@H]1[C@H](N=[N+]=[N-])CCN1C(=O)[C@@H](NC(=O)OC(C)(C)C)C(C)(C)C.